The van der Waals surface area contributed by atoms with Crippen LogP contribution in [0.2, 0.25) is 0 Å². The lowest BCUT2D eigenvalue weighted by Gasteiger charge is -2.34. The third-order valence-corrected chi connectivity index (χ3v) is 5.00. The Balaban J connectivity index is 2.04. The molecular weight excluding hydrogens is 334 g/mol. The molecule has 3 heterocycles. The number of piperidine rings is 1. The van der Waals surface area contributed by atoms with Gasteiger partial charge in [0.2, 0.25) is 0 Å². The van der Waals surface area contributed by atoms with Crippen molar-refractivity contribution in [3.63, 3.8) is 0 Å². The van der Waals surface area contributed by atoms with Gasteiger partial charge in [0.1, 0.15) is 11.3 Å². The molecule has 0 radical (unpaired) electrons. The molecular formula is C18H25N5O3. The molecule has 1 N–H and O–H groups in total. The van der Waals surface area contributed by atoms with Crippen LogP contribution >= 0.6 is 0 Å². The summed E-state index contributed by atoms with van der Waals surface area (Å²) in [4.78, 5) is 43.8. The molecule has 1 amide bonds. The van der Waals surface area contributed by atoms with Gasteiger partial charge >= 0.3 is 5.69 Å². The Labute approximate surface area is 151 Å². The number of aromatic nitrogens is 3. The SMILES string of the molecule is CCCN(C(=O)c1ccc2c(=O)n(C)c(=O)n(C)c2n1)C1CCNCC1. The number of pyridine rings is 1. The molecule has 1 fully saturated rings. The lowest BCUT2D eigenvalue weighted by atomic mass is 10.0. The van der Waals surface area contributed by atoms with Crippen LogP contribution in [0.15, 0.2) is 21.7 Å². The molecule has 0 atom stereocenters. The molecule has 140 valence electrons. The molecule has 8 nitrogen and oxygen atoms in total. The fourth-order valence-electron chi connectivity index (χ4n) is 3.53. The van der Waals surface area contributed by atoms with E-state index in [1.807, 2.05) is 11.8 Å². The minimum absolute atomic E-state index is 0.145. The second kappa shape index (κ2) is 7.41. The Hall–Kier alpha value is -2.48. The van der Waals surface area contributed by atoms with E-state index >= 15 is 0 Å². The van der Waals surface area contributed by atoms with Crippen molar-refractivity contribution >= 4 is 16.9 Å². The average molecular weight is 359 g/mol. The Bertz CT molecular complexity index is 940. The molecule has 0 bridgehead atoms. The highest BCUT2D eigenvalue weighted by Crippen LogP contribution is 2.16. The number of hydrogen-bond donors (Lipinski definition) is 1. The molecule has 2 aromatic rings. The van der Waals surface area contributed by atoms with Crippen molar-refractivity contribution in [3.05, 3.63) is 38.7 Å². The van der Waals surface area contributed by atoms with E-state index in [2.05, 4.69) is 10.3 Å². The zero-order chi connectivity index (χ0) is 18.8. The van der Waals surface area contributed by atoms with Crippen molar-refractivity contribution in [2.45, 2.75) is 32.2 Å². The van der Waals surface area contributed by atoms with Gasteiger partial charge in [0.25, 0.3) is 11.5 Å². The first-order valence-electron chi connectivity index (χ1n) is 9.04. The summed E-state index contributed by atoms with van der Waals surface area (Å²) in [6.45, 7) is 4.50. The first-order valence-corrected chi connectivity index (χ1v) is 9.04. The highest BCUT2D eigenvalue weighted by Gasteiger charge is 2.26. The zero-order valence-corrected chi connectivity index (χ0v) is 15.5. The lowest BCUT2D eigenvalue weighted by molar-refractivity contribution is 0.0637. The van der Waals surface area contributed by atoms with Crippen LogP contribution in [0.1, 0.15) is 36.7 Å². The maximum absolute atomic E-state index is 13.1. The van der Waals surface area contributed by atoms with Gasteiger partial charge in [-0.2, -0.15) is 0 Å². The van der Waals surface area contributed by atoms with Gasteiger partial charge in [0, 0.05) is 26.7 Å². The van der Waals surface area contributed by atoms with Crippen LogP contribution in [-0.4, -0.2) is 50.6 Å². The summed E-state index contributed by atoms with van der Waals surface area (Å²) in [6, 6.07) is 3.36. The third kappa shape index (κ3) is 3.16. The predicted octanol–water partition coefficient (Wildman–Crippen LogP) is 0.236. The summed E-state index contributed by atoms with van der Waals surface area (Å²) in [7, 11) is 2.99. The molecule has 1 saturated heterocycles. The summed E-state index contributed by atoms with van der Waals surface area (Å²) < 4.78 is 2.35. The van der Waals surface area contributed by atoms with Crippen molar-refractivity contribution < 1.29 is 4.79 Å². The zero-order valence-electron chi connectivity index (χ0n) is 15.5. The maximum Gasteiger partial charge on any atom is 0.332 e. The minimum atomic E-state index is -0.455. The van der Waals surface area contributed by atoms with E-state index in [9.17, 15) is 14.4 Å². The second-order valence-electron chi connectivity index (χ2n) is 6.75. The third-order valence-electron chi connectivity index (χ3n) is 5.00. The molecule has 2 aromatic heterocycles. The quantitative estimate of drug-likeness (QED) is 0.844. The average Bonchev–Trinajstić information content (AvgIpc) is 2.68. The summed E-state index contributed by atoms with van der Waals surface area (Å²) in [6.07, 6.45) is 2.69. The fourth-order valence-corrected chi connectivity index (χ4v) is 3.53. The Morgan fingerprint density at radius 2 is 1.92 bits per heavy atom. The van der Waals surface area contributed by atoms with Crippen LogP contribution in [0.3, 0.4) is 0 Å². The number of nitrogens with zero attached hydrogens (tertiary/aromatic N) is 4. The van der Waals surface area contributed by atoms with E-state index in [1.165, 1.54) is 11.6 Å². The fraction of sp³-hybridized carbons (Fsp3) is 0.556. The van der Waals surface area contributed by atoms with Gasteiger partial charge in [-0.25, -0.2) is 9.78 Å². The van der Waals surface area contributed by atoms with Gasteiger partial charge in [-0.15, -0.1) is 0 Å². The van der Waals surface area contributed by atoms with Crippen molar-refractivity contribution in [3.8, 4) is 0 Å². The van der Waals surface area contributed by atoms with Gasteiger partial charge in [0.15, 0.2) is 0 Å². The van der Waals surface area contributed by atoms with E-state index in [0.717, 1.165) is 36.9 Å². The van der Waals surface area contributed by atoms with Gasteiger partial charge < -0.3 is 10.2 Å². The van der Waals surface area contributed by atoms with Crippen LogP contribution in [0, 0.1) is 0 Å². The molecule has 0 saturated carbocycles. The first kappa shape index (κ1) is 18.3. The number of hydrogen-bond acceptors (Lipinski definition) is 5. The van der Waals surface area contributed by atoms with Crippen molar-refractivity contribution in [2.24, 2.45) is 14.1 Å². The number of nitrogens with one attached hydrogen (secondary N) is 1. The van der Waals surface area contributed by atoms with E-state index in [0.29, 0.717) is 11.9 Å². The maximum atomic E-state index is 13.1. The predicted molar refractivity (Wildman–Crippen MR) is 99.4 cm³/mol. The second-order valence-corrected chi connectivity index (χ2v) is 6.75. The molecule has 1 aliphatic heterocycles. The van der Waals surface area contributed by atoms with Crippen LogP contribution in [0.4, 0.5) is 0 Å². The number of carbonyl (C=O) groups excluding carboxylic acids is 1. The van der Waals surface area contributed by atoms with Gasteiger partial charge in [-0.05, 0) is 44.5 Å². The van der Waals surface area contributed by atoms with E-state index < -0.39 is 11.2 Å². The number of amides is 1. The first-order chi connectivity index (χ1) is 12.5. The summed E-state index contributed by atoms with van der Waals surface area (Å²) in [5, 5.41) is 3.64. The summed E-state index contributed by atoms with van der Waals surface area (Å²) in [5.74, 6) is -0.145. The number of carbonyl (C=O) groups is 1. The van der Waals surface area contributed by atoms with Crippen LogP contribution in [-0.2, 0) is 14.1 Å². The van der Waals surface area contributed by atoms with Crippen LogP contribution < -0.4 is 16.6 Å². The van der Waals surface area contributed by atoms with E-state index in [-0.39, 0.29) is 23.3 Å². The number of rotatable bonds is 4. The summed E-state index contributed by atoms with van der Waals surface area (Å²) >= 11 is 0. The lowest BCUT2D eigenvalue weighted by Crippen LogP contribution is -2.46. The Morgan fingerprint density at radius 1 is 1.23 bits per heavy atom. The number of fused-ring (bicyclic) bond motifs is 1. The summed E-state index contributed by atoms with van der Waals surface area (Å²) in [5.41, 5.74) is -0.347. The molecule has 8 heteroatoms. The number of aryl methyl sites for hydroxylation is 1. The largest absolute Gasteiger partial charge is 0.334 e. The molecule has 0 aliphatic carbocycles. The smallest absolute Gasteiger partial charge is 0.332 e. The highest BCUT2D eigenvalue weighted by atomic mass is 16.2. The van der Waals surface area contributed by atoms with Crippen molar-refractivity contribution in [1.82, 2.24) is 24.3 Å². The standard InChI is InChI=1S/C18H25N5O3/c1-4-11-23(12-7-9-19-10-8-12)17(25)14-6-5-13-15(20-14)21(2)18(26)22(3)16(13)24/h5-6,12,19H,4,7-11H2,1-3H3. The van der Waals surface area contributed by atoms with E-state index in [1.54, 1.807) is 19.2 Å². The molecule has 1 aliphatic rings. The molecule has 0 unspecified atom stereocenters. The topological polar surface area (TPSA) is 89.2 Å². The minimum Gasteiger partial charge on any atom is -0.334 e. The van der Waals surface area contributed by atoms with Crippen molar-refractivity contribution in [1.29, 1.82) is 0 Å². The highest BCUT2D eigenvalue weighted by molar-refractivity contribution is 5.94. The van der Waals surface area contributed by atoms with Crippen LogP contribution in [0.25, 0.3) is 11.0 Å². The Morgan fingerprint density at radius 3 is 2.58 bits per heavy atom. The Kier molecular flexibility index (Phi) is 5.22. The molecule has 0 aromatic carbocycles. The van der Waals surface area contributed by atoms with Gasteiger partial charge in [-0.1, -0.05) is 6.92 Å². The molecule has 26 heavy (non-hydrogen) atoms. The molecule has 0 spiro atoms. The van der Waals surface area contributed by atoms with Crippen LogP contribution in [0.5, 0.6) is 0 Å². The van der Waals surface area contributed by atoms with E-state index in [4.69, 9.17) is 0 Å². The normalized spacial score (nSPS) is 15.3. The van der Waals surface area contributed by atoms with Crippen molar-refractivity contribution in [2.75, 3.05) is 19.6 Å². The molecule has 3 rings (SSSR count). The monoisotopic (exact) mass is 359 g/mol. The van der Waals surface area contributed by atoms with Gasteiger partial charge in [0.05, 0.1) is 5.39 Å². The van der Waals surface area contributed by atoms with Gasteiger partial charge in [-0.3, -0.25) is 18.7 Å².